The van der Waals surface area contributed by atoms with Gasteiger partial charge in [-0.2, -0.15) is 0 Å². The standard InChI is InChI=1S/C21H25NO4/c1-13-6-8-18(15(3)10-13)22-21(24)17(5)26-20(23)12-25-19-9-7-14(2)11-16(19)4/h6-11,17H,12H2,1-5H3,(H,22,24)/t17-/m1/s1. The molecule has 0 bridgehead atoms. The number of rotatable bonds is 6. The van der Waals surface area contributed by atoms with E-state index in [0.717, 1.165) is 22.3 Å². The van der Waals surface area contributed by atoms with Crippen molar-refractivity contribution < 1.29 is 19.1 Å². The Bertz CT molecular complexity index is 814. The fourth-order valence-electron chi connectivity index (χ4n) is 2.57. The SMILES string of the molecule is Cc1ccc(NC(=O)[C@@H](C)OC(=O)COc2ccc(C)cc2C)c(C)c1. The van der Waals surface area contributed by atoms with Gasteiger partial charge < -0.3 is 14.8 Å². The molecule has 0 heterocycles. The second-order valence-corrected chi connectivity index (χ2v) is 6.50. The number of ether oxygens (including phenoxy) is 2. The summed E-state index contributed by atoms with van der Waals surface area (Å²) >= 11 is 0. The third-order valence-electron chi connectivity index (χ3n) is 3.99. The highest BCUT2D eigenvalue weighted by molar-refractivity contribution is 5.95. The molecule has 0 saturated carbocycles. The molecule has 0 aliphatic heterocycles. The highest BCUT2D eigenvalue weighted by Crippen LogP contribution is 2.19. The van der Waals surface area contributed by atoms with Gasteiger partial charge in [-0.05, 0) is 57.9 Å². The third-order valence-corrected chi connectivity index (χ3v) is 3.99. The fourth-order valence-corrected chi connectivity index (χ4v) is 2.57. The van der Waals surface area contributed by atoms with Gasteiger partial charge in [-0.15, -0.1) is 0 Å². The van der Waals surface area contributed by atoms with Gasteiger partial charge in [-0.3, -0.25) is 4.79 Å². The third kappa shape index (κ3) is 5.34. The Hall–Kier alpha value is -2.82. The molecule has 26 heavy (non-hydrogen) atoms. The largest absolute Gasteiger partial charge is 0.482 e. The first-order valence-corrected chi connectivity index (χ1v) is 8.54. The van der Waals surface area contributed by atoms with E-state index in [9.17, 15) is 9.59 Å². The summed E-state index contributed by atoms with van der Waals surface area (Å²) in [4.78, 5) is 24.2. The van der Waals surface area contributed by atoms with Gasteiger partial charge in [-0.25, -0.2) is 4.79 Å². The molecule has 0 radical (unpaired) electrons. The van der Waals surface area contributed by atoms with Crippen molar-refractivity contribution in [3.63, 3.8) is 0 Å². The van der Waals surface area contributed by atoms with E-state index in [1.807, 2.05) is 64.1 Å². The van der Waals surface area contributed by atoms with Crippen LogP contribution in [-0.4, -0.2) is 24.6 Å². The molecular formula is C21H25NO4. The number of carbonyl (C=O) groups excluding carboxylic acids is 2. The van der Waals surface area contributed by atoms with Crippen LogP contribution in [0.1, 0.15) is 29.2 Å². The zero-order chi connectivity index (χ0) is 19.3. The van der Waals surface area contributed by atoms with Crippen molar-refractivity contribution >= 4 is 17.6 Å². The summed E-state index contributed by atoms with van der Waals surface area (Å²) in [7, 11) is 0. The van der Waals surface area contributed by atoms with Crippen molar-refractivity contribution in [1.82, 2.24) is 0 Å². The lowest BCUT2D eigenvalue weighted by atomic mass is 10.1. The van der Waals surface area contributed by atoms with E-state index in [1.54, 1.807) is 0 Å². The van der Waals surface area contributed by atoms with Gasteiger partial charge in [0.05, 0.1) is 0 Å². The Morgan fingerprint density at radius 3 is 2.19 bits per heavy atom. The second-order valence-electron chi connectivity index (χ2n) is 6.50. The Kier molecular flexibility index (Phi) is 6.39. The highest BCUT2D eigenvalue weighted by atomic mass is 16.6. The van der Waals surface area contributed by atoms with Crippen LogP contribution >= 0.6 is 0 Å². The molecule has 5 heteroatoms. The number of hydrogen-bond donors (Lipinski definition) is 1. The quantitative estimate of drug-likeness (QED) is 0.799. The highest BCUT2D eigenvalue weighted by Gasteiger charge is 2.19. The Labute approximate surface area is 154 Å². The lowest BCUT2D eigenvalue weighted by Crippen LogP contribution is -2.31. The second kappa shape index (κ2) is 8.52. The summed E-state index contributed by atoms with van der Waals surface area (Å²) in [6.07, 6.45) is -0.911. The van der Waals surface area contributed by atoms with Crippen LogP contribution in [0.15, 0.2) is 36.4 Å². The van der Waals surface area contributed by atoms with Gasteiger partial charge in [0, 0.05) is 5.69 Å². The topological polar surface area (TPSA) is 64.6 Å². The van der Waals surface area contributed by atoms with Gasteiger partial charge in [0.2, 0.25) is 0 Å². The lowest BCUT2D eigenvalue weighted by molar-refractivity contribution is -0.155. The predicted molar refractivity (Wildman–Crippen MR) is 102 cm³/mol. The van der Waals surface area contributed by atoms with E-state index < -0.39 is 12.1 Å². The van der Waals surface area contributed by atoms with Crippen molar-refractivity contribution in [2.75, 3.05) is 11.9 Å². The van der Waals surface area contributed by atoms with Crippen LogP contribution in [0.25, 0.3) is 0 Å². The summed E-state index contributed by atoms with van der Waals surface area (Å²) in [6.45, 7) is 9.09. The number of esters is 1. The van der Waals surface area contributed by atoms with Gasteiger partial charge in [0.25, 0.3) is 5.91 Å². The van der Waals surface area contributed by atoms with E-state index >= 15 is 0 Å². The number of anilines is 1. The lowest BCUT2D eigenvalue weighted by Gasteiger charge is -2.15. The summed E-state index contributed by atoms with van der Waals surface area (Å²) in [5.41, 5.74) is 4.83. The van der Waals surface area contributed by atoms with Crippen molar-refractivity contribution in [3.05, 3.63) is 58.7 Å². The minimum absolute atomic E-state index is 0.245. The summed E-state index contributed by atoms with van der Waals surface area (Å²) in [5.74, 6) is -0.343. The molecule has 138 valence electrons. The van der Waals surface area contributed by atoms with Crippen LogP contribution in [0.5, 0.6) is 5.75 Å². The smallest absolute Gasteiger partial charge is 0.344 e. The van der Waals surface area contributed by atoms with E-state index in [0.29, 0.717) is 11.4 Å². The van der Waals surface area contributed by atoms with Gasteiger partial charge in [0.1, 0.15) is 5.75 Å². The van der Waals surface area contributed by atoms with Gasteiger partial charge >= 0.3 is 5.97 Å². The Morgan fingerprint density at radius 1 is 0.962 bits per heavy atom. The average molecular weight is 355 g/mol. The molecule has 0 spiro atoms. The average Bonchev–Trinajstić information content (AvgIpc) is 2.56. The summed E-state index contributed by atoms with van der Waals surface area (Å²) in [6, 6.07) is 11.4. The zero-order valence-electron chi connectivity index (χ0n) is 15.9. The molecule has 0 aliphatic carbocycles. The molecule has 2 aromatic carbocycles. The normalized spacial score (nSPS) is 11.6. The van der Waals surface area contributed by atoms with Crippen LogP contribution in [-0.2, 0) is 14.3 Å². The molecule has 0 saturated heterocycles. The molecule has 1 atom stereocenters. The first-order valence-electron chi connectivity index (χ1n) is 8.54. The molecule has 5 nitrogen and oxygen atoms in total. The molecule has 0 aliphatic rings. The first kappa shape index (κ1) is 19.5. The minimum atomic E-state index is -0.911. The van der Waals surface area contributed by atoms with E-state index in [4.69, 9.17) is 9.47 Å². The van der Waals surface area contributed by atoms with Gasteiger partial charge in [-0.1, -0.05) is 35.4 Å². The molecule has 0 fully saturated rings. The van der Waals surface area contributed by atoms with Crippen LogP contribution in [0.3, 0.4) is 0 Å². The maximum absolute atomic E-state index is 12.2. The van der Waals surface area contributed by atoms with E-state index in [-0.39, 0.29) is 12.5 Å². The van der Waals surface area contributed by atoms with Crippen LogP contribution in [0.4, 0.5) is 5.69 Å². The number of benzene rings is 2. The minimum Gasteiger partial charge on any atom is -0.482 e. The molecule has 0 unspecified atom stereocenters. The monoisotopic (exact) mass is 355 g/mol. The predicted octanol–water partition coefficient (Wildman–Crippen LogP) is 3.87. The number of carbonyl (C=O) groups is 2. The van der Waals surface area contributed by atoms with Crippen LogP contribution in [0, 0.1) is 27.7 Å². The Balaban J connectivity index is 1.86. The van der Waals surface area contributed by atoms with Gasteiger partial charge in [0.15, 0.2) is 12.7 Å². The molecule has 2 rings (SSSR count). The summed E-state index contributed by atoms with van der Waals surface area (Å²) < 4.78 is 10.6. The van der Waals surface area contributed by atoms with Crippen LogP contribution in [0.2, 0.25) is 0 Å². The van der Waals surface area contributed by atoms with E-state index in [2.05, 4.69) is 5.32 Å². The number of nitrogens with one attached hydrogen (secondary N) is 1. The first-order chi connectivity index (χ1) is 12.3. The summed E-state index contributed by atoms with van der Waals surface area (Å²) in [5, 5.41) is 2.77. The number of aryl methyl sites for hydroxylation is 4. The molecule has 1 amide bonds. The maximum Gasteiger partial charge on any atom is 0.344 e. The van der Waals surface area contributed by atoms with E-state index in [1.165, 1.54) is 6.92 Å². The fraction of sp³-hybridized carbons (Fsp3) is 0.333. The zero-order valence-corrected chi connectivity index (χ0v) is 15.9. The van der Waals surface area contributed by atoms with Crippen molar-refractivity contribution in [2.24, 2.45) is 0 Å². The molecular weight excluding hydrogens is 330 g/mol. The molecule has 2 aromatic rings. The number of amides is 1. The van der Waals surface area contributed by atoms with Crippen LogP contribution < -0.4 is 10.1 Å². The maximum atomic E-state index is 12.2. The van der Waals surface area contributed by atoms with Crippen molar-refractivity contribution in [1.29, 1.82) is 0 Å². The van der Waals surface area contributed by atoms with Crippen molar-refractivity contribution in [3.8, 4) is 5.75 Å². The molecule has 0 aromatic heterocycles. The number of hydrogen-bond acceptors (Lipinski definition) is 4. The van der Waals surface area contributed by atoms with Crippen molar-refractivity contribution in [2.45, 2.75) is 40.7 Å². The molecule has 1 N–H and O–H groups in total. The Morgan fingerprint density at radius 2 is 1.58 bits per heavy atom.